The first kappa shape index (κ1) is 14.8. The van der Waals surface area contributed by atoms with E-state index in [0.717, 1.165) is 21.2 Å². The minimum atomic E-state index is -0.369. The number of fused-ring (bicyclic) bond motifs is 5. The number of benzene rings is 1. The van der Waals surface area contributed by atoms with Gasteiger partial charge in [-0.3, -0.25) is 9.59 Å². The Morgan fingerprint density at radius 2 is 2.26 bits per heavy atom. The van der Waals surface area contributed by atoms with E-state index in [4.69, 9.17) is 9.47 Å². The van der Waals surface area contributed by atoms with Gasteiger partial charge in [0.05, 0.1) is 18.2 Å². The molecule has 0 saturated heterocycles. The van der Waals surface area contributed by atoms with Crippen molar-refractivity contribution in [2.24, 2.45) is 5.92 Å². The van der Waals surface area contributed by atoms with E-state index in [1.807, 2.05) is 24.3 Å². The summed E-state index contributed by atoms with van der Waals surface area (Å²) in [6, 6.07) is 7.83. The maximum Gasteiger partial charge on any atom is 0.319 e. The lowest BCUT2D eigenvalue weighted by Gasteiger charge is -2.39. The zero-order valence-corrected chi connectivity index (χ0v) is 14.0. The Hall–Kier alpha value is -1.73. The topological polar surface area (TPSA) is 68.4 Å². The summed E-state index contributed by atoms with van der Waals surface area (Å²) in [6.45, 7) is 2.59. The summed E-state index contributed by atoms with van der Waals surface area (Å²) in [5.74, 6) is 0.547. The summed E-state index contributed by atoms with van der Waals surface area (Å²) in [6.07, 6.45) is 0. The van der Waals surface area contributed by atoms with E-state index in [9.17, 15) is 9.59 Å². The molecule has 0 unspecified atom stereocenters. The Balaban J connectivity index is 1.85. The fourth-order valence-electron chi connectivity index (χ4n) is 3.26. The predicted octanol–water partition coefficient (Wildman–Crippen LogP) is 2.61. The molecule has 0 spiro atoms. The second-order valence-corrected chi connectivity index (χ2v) is 7.66. The van der Waals surface area contributed by atoms with Crippen LogP contribution in [-0.2, 0) is 9.53 Å². The van der Waals surface area contributed by atoms with Crippen LogP contribution in [0.5, 0.6) is 5.75 Å². The van der Waals surface area contributed by atoms with Gasteiger partial charge in [0, 0.05) is 22.3 Å². The van der Waals surface area contributed by atoms with Crippen LogP contribution in [0, 0.1) is 5.92 Å². The number of thioether (sulfide) groups is 1. The van der Waals surface area contributed by atoms with Crippen molar-refractivity contribution in [2.45, 2.75) is 23.1 Å². The molecule has 3 heterocycles. The van der Waals surface area contributed by atoms with Gasteiger partial charge in [0.15, 0.2) is 0 Å². The number of nitrogens with one attached hydrogen (secondary N) is 1. The maximum atomic E-state index is 12.4. The van der Waals surface area contributed by atoms with E-state index >= 15 is 0 Å². The van der Waals surface area contributed by atoms with Gasteiger partial charge < -0.3 is 14.5 Å². The number of carbonyl (C=O) groups is 1. The quantitative estimate of drug-likeness (QED) is 0.844. The number of hydrogen-bond acceptors (Lipinski definition) is 6. The highest BCUT2D eigenvalue weighted by atomic mass is 32.2. The SMILES string of the molecule is CCOC(=O)[C@H]1Sc2[nH]c(=O)sc2[C@H]2c3ccccc3OC[C@@H]21. The number of thiazole rings is 1. The van der Waals surface area contributed by atoms with Crippen LogP contribution in [0.4, 0.5) is 0 Å². The maximum absolute atomic E-state index is 12.4. The van der Waals surface area contributed by atoms with Crippen LogP contribution in [0.3, 0.4) is 0 Å². The molecule has 1 aromatic heterocycles. The summed E-state index contributed by atoms with van der Waals surface area (Å²) in [5.41, 5.74) is 1.04. The molecule has 0 amide bonds. The van der Waals surface area contributed by atoms with Crippen molar-refractivity contribution >= 4 is 29.1 Å². The van der Waals surface area contributed by atoms with Gasteiger partial charge in [-0.1, -0.05) is 41.3 Å². The standard InChI is InChI=1S/C16H15NO4S2/c1-2-20-15(18)12-9-7-21-10-6-4-3-5-8(10)11(9)13-14(22-12)17-16(19)23-13/h3-6,9,11-12H,2,7H2,1H3,(H,17,19)/t9-,11-,12-/m0/s1. The number of aromatic amines is 1. The zero-order chi connectivity index (χ0) is 16.0. The number of esters is 1. The third-order valence-electron chi connectivity index (χ3n) is 4.19. The average molecular weight is 349 g/mol. The fourth-order valence-corrected chi connectivity index (χ4v) is 5.74. The van der Waals surface area contributed by atoms with E-state index in [-0.39, 0.29) is 27.9 Å². The minimum Gasteiger partial charge on any atom is -0.493 e. The number of para-hydroxylation sites is 1. The second-order valence-electron chi connectivity index (χ2n) is 5.49. The summed E-state index contributed by atoms with van der Waals surface area (Å²) in [4.78, 5) is 28.0. The lowest BCUT2D eigenvalue weighted by Crippen LogP contribution is -2.41. The Morgan fingerprint density at radius 3 is 3.09 bits per heavy atom. The molecule has 2 aliphatic heterocycles. The van der Waals surface area contributed by atoms with Crippen LogP contribution >= 0.6 is 23.1 Å². The molecule has 0 bridgehead atoms. The molecule has 0 fully saturated rings. The number of hydrogen-bond donors (Lipinski definition) is 1. The zero-order valence-electron chi connectivity index (χ0n) is 12.4. The Bertz CT molecular complexity index is 812. The van der Waals surface area contributed by atoms with Crippen LogP contribution in [-0.4, -0.2) is 29.4 Å². The van der Waals surface area contributed by atoms with Gasteiger partial charge >= 0.3 is 10.8 Å². The summed E-state index contributed by atoms with van der Waals surface area (Å²) in [7, 11) is 0. The number of carbonyl (C=O) groups excluding carboxylic acids is 1. The molecule has 1 N–H and O–H groups in total. The predicted molar refractivity (Wildman–Crippen MR) is 88.5 cm³/mol. The molecule has 5 nitrogen and oxygen atoms in total. The van der Waals surface area contributed by atoms with Crippen molar-refractivity contribution in [1.82, 2.24) is 4.98 Å². The van der Waals surface area contributed by atoms with Crippen molar-refractivity contribution in [3.63, 3.8) is 0 Å². The largest absolute Gasteiger partial charge is 0.493 e. The van der Waals surface area contributed by atoms with E-state index in [1.165, 1.54) is 23.1 Å². The summed E-state index contributed by atoms with van der Waals surface area (Å²) < 4.78 is 11.1. The number of rotatable bonds is 2. The molecule has 0 aliphatic carbocycles. The van der Waals surface area contributed by atoms with Crippen molar-refractivity contribution < 1.29 is 14.3 Å². The third kappa shape index (κ3) is 2.38. The number of ether oxygens (including phenoxy) is 2. The van der Waals surface area contributed by atoms with Gasteiger partial charge in [-0.25, -0.2) is 0 Å². The molecular weight excluding hydrogens is 334 g/mol. The number of H-pyrrole nitrogens is 1. The van der Waals surface area contributed by atoms with E-state index < -0.39 is 0 Å². The molecule has 2 aromatic rings. The average Bonchev–Trinajstić information content (AvgIpc) is 2.93. The van der Waals surface area contributed by atoms with Gasteiger partial charge in [-0.2, -0.15) is 0 Å². The third-order valence-corrected chi connectivity index (χ3v) is 6.64. The van der Waals surface area contributed by atoms with Crippen LogP contribution < -0.4 is 9.61 Å². The normalized spacial score (nSPS) is 24.8. The number of aromatic nitrogens is 1. The lowest BCUT2D eigenvalue weighted by molar-refractivity contribution is -0.144. The monoisotopic (exact) mass is 349 g/mol. The first-order valence-corrected chi connectivity index (χ1v) is 9.16. The lowest BCUT2D eigenvalue weighted by atomic mass is 9.80. The smallest absolute Gasteiger partial charge is 0.319 e. The Morgan fingerprint density at radius 1 is 1.43 bits per heavy atom. The highest BCUT2D eigenvalue weighted by molar-refractivity contribution is 8.00. The van der Waals surface area contributed by atoms with Crippen molar-refractivity contribution in [3.05, 3.63) is 44.4 Å². The molecule has 0 radical (unpaired) electrons. The van der Waals surface area contributed by atoms with Gasteiger partial charge in [0.2, 0.25) is 0 Å². The highest BCUT2D eigenvalue weighted by Gasteiger charge is 2.47. The summed E-state index contributed by atoms with van der Waals surface area (Å²) in [5, 5.41) is 0.419. The van der Waals surface area contributed by atoms with E-state index in [1.54, 1.807) is 6.92 Å². The molecule has 2 aliphatic rings. The molecule has 4 rings (SSSR count). The molecule has 120 valence electrons. The molecule has 1 aromatic carbocycles. The van der Waals surface area contributed by atoms with Gasteiger partial charge in [-0.05, 0) is 13.0 Å². The van der Waals surface area contributed by atoms with E-state index in [0.29, 0.717) is 13.2 Å². The Kier molecular flexibility index (Phi) is 3.69. The Labute approximate surface area is 141 Å². The molecule has 0 saturated carbocycles. The molecule has 7 heteroatoms. The van der Waals surface area contributed by atoms with Crippen LogP contribution in [0.2, 0.25) is 0 Å². The fraction of sp³-hybridized carbons (Fsp3) is 0.375. The van der Waals surface area contributed by atoms with Crippen LogP contribution in [0.15, 0.2) is 34.1 Å². The van der Waals surface area contributed by atoms with Crippen LogP contribution in [0.1, 0.15) is 23.3 Å². The van der Waals surface area contributed by atoms with Gasteiger partial charge in [-0.15, -0.1) is 0 Å². The first-order chi connectivity index (χ1) is 11.2. The van der Waals surface area contributed by atoms with E-state index in [2.05, 4.69) is 4.98 Å². The highest BCUT2D eigenvalue weighted by Crippen LogP contribution is 2.53. The van der Waals surface area contributed by atoms with Crippen LogP contribution in [0.25, 0.3) is 0 Å². The summed E-state index contributed by atoms with van der Waals surface area (Å²) >= 11 is 2.61. The van der Waals surface area contributed by atoms with Crippen molar-refractivity contribution in [1.29, 1.82) is 0 Å². The van der Waals surface area contributed by atoms with Gasteiger partial charge in [0.1, 0.15) is 11.0 Å². The minimum absolute atomic E-state index is 0.00504. The van der Waals surface area contributed by atoms with Crippen molar-refractivity contribution in [3.8, 4) is 5.75 Å². The molecular formula is C16H15NO4S2. The van der Waals surface area contributed by atoms with Gasteiger partial charge in [0.25, 0.3) is 0 Å². The molecule has 23 heavy (non-hydrogen) atoms. The van der Waals surface area contributed by atoms with Crippen molar-refractivity contribution in [2.75, 3.05) is 13.2 Å². The second kappa shape index (κ2) is 5.72. The molecule has 3 atom stereocenters. The first-order valence-electron chi connectivity index (χ1n) is 7.47.